The zero-order valence-corrected chi connectivity index (χ0v) is 12.3. The van der Waals surface area contributed by atoms with Crippen molar-refractivity contribution in [2.24, 2.45) is 0 Å². The van der Waals surface area contributed by atoms with E-state index in [1.807, 2.05) is 13.1 Å². The van der Waals surface area contributed by atoms with Crippen LogP contribution in [0.25, 0.3) is 0 Å². The Labute approximate surface area is 120 Å². The van der Waals surface area contributed by atoms with Crippen LogP contribution in [-0.2, 0) is 4.74 Å². The lowest BCUT2D eigenvalue weighted by atomic mass is 10.1. The molecule has 0 saturated carbocycles. The summed E-state index contributed by atoms with van der Waals surface area (Å²) in [5, 5.41) is 8.75. The van der Waals surface area contributed by atoms with Gasteiger partial charge in [0, 0.05) is 31.6 Å². The zero-order chi connectivity index (χ0) is 15.0. The quantitative estimate of drug-likeness (QED) is 0.433. The van der Waals surface area contributed by atoms with Crippen molar-refractivity contribution in [3.63, 3.8) is 0 Å². The molecule has 0 aliphatic carbocycles. The minimum atomic E-state index is -0.388. The summed E-state index contributed by atoms with van der Waals surface area (Å²) in [6, 6.07) is 5.38. The molecular formula is C15H24N2O3. The molecule has 0 spiro atoms. The number of ether oxygens (including phenoxy) is 1. The number of aliphatic hydroxyl groups excluding tert-OH is 1. The number of benzene rings is 1. The number of nitrogen functional groups attached to an aromatic ring is 1. The SMILES string of the molecule is CCOC(=O)c1cc(N(C)CCCCCO)ccc1N. The molecule has 5 nitrogen and oxygen atoms in total. The number of hydrogen-bond donors (Lipinski definition) is 2. The maximum Gasteiger partial charge on any atom is 0.340 e. The molecule has 0 unspecified atom stereocenters. The van der Waals surface area contributed by atoms with Crippen LogP contribution in [0.5, 0.6) is 0 Å². The summed E-state index contributed by atoms with van der Waals surface area (Å²) in [4.78, 5) is 13.9. The van der Waals surface area contributed by atoms with Gasteiger partial charge in [-0.3, -0.25) is 0 Å². The minimum absolute atomic E-state index is 0.235. The van der Waals surface area contributed by atoms with Gasteiger partial charge in [0.05, 0.1) is 12.2 Å². The van der Waals surface area contributed by atoms with E-state index in [1.165, 1.54) is 0 Å². The van der Waals surface area contributed by atoms with E-state index in [-0.39, 0.29) is 12.6 Å². The van der Waals surface area contributed by atoms with E-state index in [1.54, 1.807) is 19.1 Å². The van der Waals surface area contributed by atoms with E-state index in [0.29, 0.717) is 17.9 Å². The first-order chi connectivity index (χ1) is 9.60. The van der Waals surface area contributed by atoms with Crippen molar-refractivity contribution in [1.29, 1.82) is 0 Å². The van der Waals surface area contributed by atoms with Crippen molar-refractivity contribution in [2.45, 2.75) is 26.2 Å². The minimum Gasteiger partial charge on any atom is -0.462 e. The van der Waals surface area contributed by atoms with Crippen LogP contribution in [0.15, 0.2) is 18.2 Å². The number of carbonyl (C=O) groups excluding carboxylic acids is 1. The topological polar surface area (TPSA) is 75.8 Å². The second-order valence-electron chi connectivity index (χ2n) is 4.70. The molecule has 3 N–H and O–H groups in total. The highest BCUT2D eigenvalue weighted by Gasteiger charge is 2.12. The maximum absolute atomic E-state index is 11.8. The Morgan fingerprint density at radius 1 is 1.35 bits per heavy atom. The molecule has 0 aliphatic rings. The van der Waals surface area contributed by atoms with Gasteiger partial charge in [-0.1, -0.05) is 0 Å². The first-order valence-electron chi connectivity index (χ1n) is 6.98. The molecule has 0 aliphatic heterocycles. The molecular weight excluding hydrogens is 256 g/mol. The van der Waals surface area contributed by atoms with Crippen LogP contribution in [0.1, 0.15) is 36.5 Å². The number of anilines is 2. The van der Waals surface area contributed by atoms with Gasteiger partial charge < -0.3 is 20.5 Å². The molecule has 0 saturated heterocycles. The van der Waals surface area contributed by atoms with Crippen LogP contribution in [0, 0.1) is 0 Å². The molecule has 20 heavy (non-hydrogen) atoms. The van der Waals surface area contributed by atoms with Crippen LogP contribution < -0.4 is 10.6 Å². The average Bonchev–Trinajstić information content (AvgIpc) is 2.44. The van der Waals surface area contributed by atoms with Gasteiger partial charge in [-0.2, -0.15) is 0 Å². The lowest BCUT2D eigenvalue weighted by Gasteiger charge is -2.20. The van der Waals surface area contributed by atoms with Crippen LogP contribution in [0.4, 0.5) is 11.4 Å². The summed E-state index contributed by atoms with van der Waals surface area (Å²) < 4.78 is 4.99. The van der Waals surface area contributed by atoms with E-state index >= 15 is 0 Å². The van der Waals surface area contributed by atoms with E-state index in [9.17, 15) is 4.79 Å². The first kappa shape index (κ1) is 16.3. The molecule has 1 aromatic carbocycles. The Morgan fingerprint density at radius 2 is 2.10 bits per heavy atom. The largest absolute Gasteiger partial charge is 0.462 e. The van der Waals surface area contributed by atoms with Gasteiger partial charge in [0.25, 0.3) is 0 Å². The van der Waals surface area contributed by atoms with Gasteiger partial charge >= 0.3 is 5.97 Å². The summed E-state index contributed by atoms with van der Waals surface area (Å²) in [5.74, 6) is -0.388. The standard InChI is InChI=1S/C15H24N2O3/c1-3-20-15(19)13-11-12(7-8-14(13)16)17(2)9-5-4-6-10-18/h7-8,11,18H,3-6,9-10,16H2,1-2H3. The summed E-state index contributed by atoms with van der Waals surface area (Å²) in [5.41, 5.74) is 7.59. The lowest BCUT2D eigenvalue weighted by Crippen LogP contribution is -2.19. The normalized spacial score (nSPS) is 10.3. The predicted molar refractivity (Wildman–Crippen MR) is 81.0 cm³/mol. The first-order valence-corrected chi connectivity index (χ1v) is 6.98. The molecule has 0 heterocycles. The summed E-state index contributed by atoms with van der Waals surface area (Å²) in [6.07, 6.45) is 2.81. The number of aliphatic hydroxyl groups is 1. The molecule has 0 amide bonds. The number of nitrogens with zero attached hydrogens (tertiary/aromatic N) is 1. The number of esters is 1. The third-order valence-electron chi connectivity index (χ3n) is 3.12. The number of nitrogens with two attached hydrogens (primary N) is 1. The van der Waals surface area contributed by atoms with Crippen molar-refractivity contribution in [1.82, 2.24) is 0 Å². The number of unbranched alkanes of at least 4 members (excludes halogenated alkanes) is 2. The fourth-order valence-electron chi connectivity index (χ4n) is 1.93. The fraction of sp³-hybridized carbons (Fsp3) is 0.533. The Hall–Kier alpha value is -1.75. The second kappa shape index (κ2) is 8.43. The van der Waals surface area contributed by atoms with Crippen molar-refractivity contribution < 1.29 is 14.6 Å². The highest BCUT2D eigenvalue weighted by atomic mass is 16.5. The van der Waals surface area contributed by atoms with Crippen molar-refractivity contribution in [3.05, 3.63) is 23.8 Å². The Morgan fingerprint density at radius 3 is 2.75 bits per heavy atom. The van der Waals surface area contributed by atoms with E-state index in [4.69, 9.17) is 15.6 Å². The highest BCUT2D eigenvalue weighted by Crippen LogP contribution is 2.21. The van der Waals surface area contributed by atoms with Gasteiger partial charge in [0.15, 0.2) is 0 Å². The van der Waals surface area contributed by atoms with Gasteiger partial charge in [-0.15, -0.1) is 0 Å². The third-order valence-corrected chi connectivity index (χ3v) is 3.12. The maximum atomic E-state index is 11.8. The van der Waals surface area contributed by atoms with Crippen LogP contribution >= 0.6 is 0 Å². The summed E-state index contributed by atoms with van der Waals surface area (Å²) in [6.45, 7) is 3.20. The Bertz CT molecular complexity index is 435. The molecule has 0 aromatic heterocycles. The molecule has 1 rings (SSSR count). The van der Waals surface area contributed by atoms with Crippen LogP contribution in [0.2, 0.25) is 0 Å². The van der Waals surface area contributed by atoms with E-state index in [0.717, 1.165) is 31.5 Å². The summed E-state index contributed by atoms with van der Waals surface area (Å²) >= 11 is 0. The van der Waals surface area contributed by atoms with Crippen LogP contribution in [-0.4, -0.2) is 37.9 Å². The molecule has 0 radical (unpaired) electrons. The zero-order valence-electron chi connectivity index (χ0n) is 12.3. The van der Waals surface area contributed by atoms with Gasteiger partial charge in [0.2, 0.25) is 0 Å². The van der Waals surface area contributed by atoms with Gasteiger partial charge in [-0.05, 0) is 44.4 Å². The Balaban J connectivity index is 2.70. The Kier molecular flexibility index (Phi) is 6.87. The highest BCUT2D eigenvalue weighted by molar-refractivity contribution is 5.96. The monoisotopic (exact) mass is 280 g/mol. The van der Waals surface area contributed by atoms with Crippen molar-refractivity contribution in [3.8, 4) is 0 Å². The molecule has 0 bridgehead atoms. The molecule has 0 fully saturated rings. The van der Waals surface area contributed by atoms with E-state index in [2.05, 4.69) is 4.90 Å². The molecule has 5 heteroatoms. The number of hydrogen-bond acceptors (Lipinski definition) is 5. The van der Waals surface area contributed by atoms with Crippen molar-refractivity contribution in [2.75, 3.05) is 37.4 Å². The average molecular weight is 280 g/mol. The van der Waals surface area contributed by atoms with Gasteiger partial charge in [0.1, 0.15) is 0 Å². The van der Waals surface area contributed by atoms with Crippen LogP contribution in [0.3, 0.4) is 0 Å². The number of rotatable bonds is 8. The van der Waals surface area contributed by atoms with Crippen molar-refractivity contribution >= 4 is 17.3 Å². The second-order valence-corrected chi connectivity index (χ2v) is 4.70. The summed E-state index contributed by atoms with van der Waals surface area (Å²) in [7, 11) is 1.97. The molecule has 112 valence electrons. The predicted octanol–water partition coefficient (Wildman–Crippen LogP) is 2.04. The lowest BCUT2D eigenvalue weighted by molar-refractivity contribution is 0.0527. The molecule has 1 aromatic rings. The molecule has 0 atom stereocenters. The van der Waals surface area contributed by atoms with Gasteiger partial charge in [-0.25, -0.2) is 4.79 Å². The fourth-order valence-corrected chi connectivity index (χ4v) is 1.93. The van der Waals surface area contributed by atoms with E-state index < -0.39 is 0 Å². The number of carbonyl (C=O) groups is 1. The smallest absolute Gasteiger partial charge is 0.340 e. The third kappa shape index (κ3) is 4.74.